The van der Waals surface area contributed by atoms with Gasteiger partial charge in [-0.1, -0.05) is 0 Å². The minimum absolute atomic E-state index is 0.139. The van der Waals surface area contributed by atoms with Crippen molar-refractivity contribution in [1.29, 1.82) is 0 Å². The van der Waals surface area contributed by atoms with Gasteiger partial charge in [-0.3, -0.25) is 4.79 Å². The summed E-state index contributed by atoms with van der Waals surface area (Å²) in [5.74, 6) is 0.910. The van der Waals surface area contributed by atoms with E-state index in [1.165, 1.54) is 12.8 Å². The van der Waals surface area contributed by atoms with Gasteiger partial charge in [-0.25, -0.2) is 0 Å². The minimum atomic E-state index is -0.139. The molecule has 0 unspecified atom stereocenters. The molecular formula is C12H20N2O2. The van der Waals surface area contributed by atoms with Crippen LogP contribution in [0.4, 0.5) is 0 Å². The van der Waals surface area contributed by atoms with E-state index in [1.807, 2.05) is 4.90 Å². The predicted octanol–water partition coefficient (Wildman–Crippen LogP) is 0.376. The molecule has 3 saturated heterocycles. The topological polar surface area (TPSA) is 41.6 Å². The number of carbonyl (C=O) groups excluding carboxylic acids is 1. The van der Waals surface area contributed by atoms with Crippen molar-refractivity contribution in [3.8, 4) is 0 Å². The summed E-state index contributed by atoms with van der Waals surface area (Å²) in [7, 11) is 0. The van der Waals surface area contributed by atoms with E-state index in [4.69, 9.17) is 4.74 Å². The molecule has 3 aliphatic rings. The molecular weight excluding hydrogens is 204 g/mol. The van der Waals surface area contributed by atoms with Gasteiger partial charge in [0.25, 0.3) is 5.91 Å². The normalized spacial score (nSPS) is 38.8. The molecule has 90 valence electrons. The fourth-order valence-electron chi connectivity index (χ4n) is 3.20. The molecule has 3 heterocycles. The zero-order valence-electron chi connectivity index (χ0n) is 9.65. The van der Waals surface area contributed by atoms with Gasteiger partial charge < -0.3 is 15.0 Å². The Bertz CT molecular complexity index is 262. The van der Waals surface area contributed by atoms with Crippen molar-refractivity contribution in [2.75, 3.05) is 26.2 Å². The fraction of sp³-hybridized carbons (Fsp3) is 0.917. The van der Waals surface area contributed by atoms with Crippen molar-refractivity contribution in [3.05, 3.63) is 0 Å². The highest BCUT2D eigenvalue weighted by Gasteiger charge is 2.39. The van der Waals surface area contributed by atoms with E-state index in [2.05, 4.69) is 5.32 Å². The van der Waals surface area contributed by atoms with Gasteiger partial charge in [-0.15, -0.1) is 0 Å². The van der Waals surface area contributed by atoms with Crippen molar-refractivity contribution in [2.45, 2.75) is 37.8 Å². The van der Waals surface area contributed by atoms with Crippen LogP contribution in [0, 0.1) is 5.92 Å². The maximum absolute atomic E-state index is 12.2. The number of hydrogen-bond donors (Lipinski definition) is 1. The van der Waals surface area contributed by atoms with Gasteiger partial charge >= 0.3 is 0 Å². The lowest BCUT2D eigenvalue weighted by molar-refractivity contribution is -0.140. The lowest BCUT2D eigenvalue weighted by Gasteiger charge is -2.24. The Kier molecular flexibility index (Phi) is 2.86. The molecule has 16 heavy (non-hydrogen) atoms. The van der Waals surface area contributed by atoms with Crippen LogP contribution < -0.4 is 5.32 Å². The average Bonchev–Trinajstić information content (AvgIpc) is 2.97. The van der Waals surface area contributed by atoms with E-state index in [9.17, 15) is 4.79 Å². The van der Waals surface area contributed by atoms with Gasteiger partial charge in [0, 0.05) is 25.7 Å². The summed E-state index contributed by atoms with van der Waals surface area (Å²) >= 11 is 0. The number of fused-ring (bicyclic) bond motifs is 1. The van der Waals surface area contributed by atoms with Crippen LogP contribution in [-0.2, 0) is 9.53 Å². The molecule has 0 aromatic rings. The highest BCUT2D eigenvalue weighted by Crippen LogP contribution is 2.26. The Hall–Kier alpha value is -0.610. The first kappa shape index (κ1) is 10.5. The molecule has 1 N–H and O–H groups in total. The molecule has 1 amide bonds. The smallest absolute Gasteiger partial charge is 0.251 e. The molecule has 0 bridgehead atoms. The number of rotatable bonds is 1. The lowest BCUT2D eigenvalue weighted by Crippen LogP contribution is -2.42. The van der Waals surface area contributed by atoms with Crippen molar-refractivity contribution < 1.29 is 9.53 Å². The molecule has 0 saturated carbocycles. The number of nitrogens with zero attached hydrogens (tertiary/aromatic N) is 1. The number of likely N-dealkylation sites (tertiary alicyclic amines) is 1. The third-order valence-corrected chi connectivity index (χ3v) is 4.12. The zero-order valence-corrected chi connectivity index (χ0v) is 9.65. The van der Waals surface area contributed by atoms with Crippen LogP contribution in [0.15, 0.2) is 0 Å². The Morgan fingerprint density at radius 1 is 1.25 bits per heavy atom. The van der Waals surface area contributed by atoms with E-state index in [0.717, 1.165) is 39.1 Å². The number of nitrogens with one attached hydrogen (secondary N) is 1. The summed E-state index contributed by atoms with van der Waals surface area (Å²) < 4.78 is 5.47. The number of ether oxygens (including phenoxy) is 1. The molecule has 3 aliphatic heterocycles. The Labute approximate surface area is 96.3 Å². The maximum Gasteiger partial charge on any atom is 0.251 e. The zero-order chi connectivity index (χ0) is 11.0. The number of carbonyl (C=O) groups is 1. The monoisotopic (exact) mass is 224 g/mol. The van der Waals surface area contributed by atoms with Crippen molar-refractivity contribution in [3.63, 3.8) is 0 Å². The molecule has 3 atom stereocenters. The van der Waals surface area contributed by atoms with Gasteiger partial charge in [0.05, 0.1) is 0 Å². The van der Waals surface area contributed by atoms with Gasteiger partial charge in [0.15, 0.2) is 0 Å². The van der Waals surface area contributed by atoms with E-state index < -0.39 is 0 Å². The number of hydrogen-bond acceptors (Lipinski definition) is 3. The Morgan fingerprint density at radius 2 is 2.19 bits per heavy atom. The van der Waals surface area contributed by atoms with E-state index >= 15 is 0 Å². The third-order valence-electron chi connectivity index (χ3n) is 4.12. The first-order chi connectivity index (χ1) is 7.84. The van der Waals surface area contributed by atoms with Gasteiger partial charge in [-0.2, -0.15) is 0 Å². The Morgan fingerprint density at radius 3 is 2.94 bits per heavy atom. The van der Waals surface area contributed by atoms with E-state index in [0.29, 0.717) is 12.0 Å². The number of piperidine rings is 1. The number of amides is 1. The minimum Gasteiger partial charge on any atom is -0.368 e. The van der Waals surface area contributed by atoms with Crippen LogP contribution in [0.3, 0.4) is 0 Å². The second-order valence-electron chi connectivity index (χ2n) is 5.21. The first-order valence-electron chi connectivity index (χ1n) is 6.48. The molecule has 0 spiro atoms. The molecule has 4 heteroatoms. The quantitative estimate of drug-likeness (QED) is 0.700. The van der Waals surface area contributed by atoms with Crippen LogP contribution in [0.5, 0.6) is 0 Å². The summed E-state index contributed by atoms with van der Waals surface area (Å²) in [5.41, 5.74) is 0. The predicted molar refractivity (Wildman–Crippen MR) is 60.1 cm³/mol. The van der Waals surface area contributed by atoms with Crippen molar-refractivity contribution >= 4 is 5.91 Å². The van der Waals surface area contributed by atoms with E-state index in [-0.39, 0.29) is 12.0 Å². The molecule has 4 nitrogen and oxygen atoms in total. The molecule has 0 radical (unpaired) electrons. The summed E-state index contributed by atoms with van der Waals surface area (Å²) in [6, 6.07) is 0.541. The van der Waals surface area contributed by atoms with Gasteiger partial charge in [0.1, 0.15) is 6.10 Å². The lowest BCUT2D eigenvalue weighted by atomic mass is 9.94. The van der Waals surface area contributed by atoms with Crippen molar-refractivity contribution in [2.24, 2.45) is 5.92 Å². The van der Waals surface area contributed by atoms with Crippen LogP contribution >= 0.6 is 0 Å². The van der Waals surface area contributed by atoms with Crippen LogP contribution in [0.1, 0.15) is 25.7 Å². The van der Waals surface area contributed by atoms with E-state index in [1.54, 1.807) is 0 Å². The molecule has 3 rings (SSSR count). The standard InChI is InChI=1S/C12H20N2O2/c15-12(11-4-2-6-16-11)14-7-9-3-1-5-13-10(9)8-14/h9-11,13H,1-8H2/t9-,10+,11+/m0/s1. The first-order valence-corrected chi connectivity index (χ1v) is 6.48. The second-order valence-corrected chi connectivity index (χ2v) is 5.21. The summed E-state index contributed by atoms with van der Waals surface area (Å²) in [5, 5.41) is 3.52. The van der Waals surface area contributed by atoms with Crippen LogP contribution in [0.2, 0.25) is 0 Å². The average molecular weight is 224 g/mol. The molecule has 0 aliphatic carbocycles. The molecule has 0 aromatic heterocycles. The van der Waals surface area contributed by atoms with Gasteiger partial charge in [-0.05, 0) is 38.1 Å². The summed E-state index contributed by atoms with van der Waals surface area (Å²) in [6.45, 7) is 3.71. The van der Waals surface area contributed by atoms with Gasteiger partial charge in [0.2, 0.25) is 0 Å². The largest absolute Gasteiger partial charge is 0.368 e. The van der Waals surface area contributed by atoms with Crippen LogP contribution in [0.25, 0.3) is 0 Å². The highest BCUT2D eigenvalue weighted by atomic mass is 16.5. The summed E-state index contributed by atoms with van der Waals surface area (Å²) in [6.07, 6.45) is 4.34. The molecule has 0 aromatic carbocycles. The van der Waals surface area contributed by atoms with Crippen LogP contribution in [-0.4, -0.2) is 49.2 Å². The SMILES string of the molecule is O=C([C@H]1CCCO1)N1C[C@@H]2CCCN[C@@H]2C1. The van der Waals surface area contributed by atoms with Crippen molar-refractivity contribution in [1.82, 2.24) is 10.2 Å². The summed E-state index contributed by atoms with van der Waals surface area (Å²) in [4.78, 5) is 14.2. The fourth-order valence-corrected chi connectivity index (χ4v) is 3.20. The third kappa shape index (κ3) is 1.84. The highest BCUT2D eigenvalue weighted by molar-refractivity contribution is 5.81. The Balaban J connectivity index is 1.61. The second kappa shape index (κ2) is 4.34. The molecule has 3 fully saturated rings. The maximum atomic E-state index is 12.2.